The number of rotatable bonds is 10. The minimum Gasteiger partial charge on any atom is -0.862 e. The van der Waals surface area contributed by atoms with E-state index in [0.717, 1.165) is 6.92 Å². The first-order chi connectivity index (χ1) is 15.8. The first-order valence-corrected chi connectivity index (χ1v) is 11.5. The molecule has 2 aliphatic heterocycles. The van der Waals surface area contributed by atoms with E-state index >= 15 is 0 Å². The molecule has 0 spiro atoms. The van der Waals surface area contributed by atoms with Crippen molar-refractivity contribution >= 4 is 22.3 Å². The first-order valence-electron chi connectivity index (χ1n) is 10.1. The molecule has 0 aromatic rings. The summed E-state index contributed by atoms with van der Waals surface area (Å²) in [6.07, 6.45) is -16.2. The smallest absolute Gasteiger partial charge is 0.862 e. The Morgan fingerprint density at radius 1 is 1.00 bits per heavy atom. The summed E-state index contributed by atoms with van der Waals surface area (Å²) < 4.78 is 55.6. The van der Waals surface area contributed by atoms with Crippen molar-refractivity contribution in [2.75, 3.05) is 13.2 Å². The topological polar surface area (TPSA) is 257 Å². The maximum Gasteiger partial charge on any atom is 1.00 e. The maximum atomic E-state index is 11.6. The van der Waals surface area contributed by atoms with E-state index in [1.807, 2.05) is 0 Å². The number of aliphatic hydroxyl groups excluding tert-OH is 4. The Balaban J connectivity index is 0.00000612. The molecule has 0 saturated carbocycles. The summed E-state index contributed by atoms with van der Waals surface area (Å²) in [5, 5.41) is 64.5. The zero-order valence-electron chi connectivity index (χ0n) is 20.1. The average molecular weight is 563 g/mol. The molecular weight excluding hydrogens is 536 g/mol. The second-order valence-corrected chi connectivity index (χ2v) is 8.66. The third-order valence-electron chi connectivity index (χ3n) is 4.93. The minimum atomic E-state index is -4.98. The third-order valence-corrected chi connectivity index (χ3v) is 5.37. The molecule has 0 unspecified atom stereocenters. The van der Waals surface area contributed by atoms with E-state index in [1.165, 1.54) is 0 Å². The monoisotopic (exact) mass is 563 g/mol. The number of ether oxygens (including phenoxy) is 4. The van der Waals surface area contributed by atoms with Crippen molar-refractivity contribution in [1.29, 1.82) is 0 Å². The van der Waals surface area contributed by atoms with Crippen LogP contribution in [0.25, 0.3) is 0 Å². The molecular formula is C17H27NNa2O15S. The number of nitrogens with zero attached hydrogens (tertiary/aromatic N) is 1. The van der Waals surface area contributed by atoms with Gasteiger partial charge < -0.3 is 54.4 Å². The second kappa shape index (κ2) is 15.9. The fraction of sp³-hybridized carbons (Fsp3) is 0.882. The molecule has 2 heterocycles. The van der Waals surface area contributed by atoms with E-state index in [-0.39, 0.29) is 65.7 Å². The van der Waals surface area contributed by atoms with Crippen LogP contribution >= 0.6 is 0 Å². The van der Waals surface area contributed by atoms with Crippen molar-refractivity contribution in [3.63, 3.8) is 0 Å². The van der Waals surface area contributed by atoms with Gasteiger partial charge in [0.25, 0.3) is 0 Å². The molecule has 2 saturated heterocycles. The number of aliphatic carboxylic acids is 1. The number of carboxylic acid groups (broad SMARTS) is 1. The number of hydrogen-bond donors (Lipinski definition) is 5. The maximum absolute atomic E-state index is 11.6. The van der Waals surface area contributed by atoms with Gasteiger partial charge in [0.1, 0.15) is 48.8 Å². The molecule has 5 N–H and O–H groups in total. The van der Waals surface area contributed by atoms with Gasteiger partial charge in [0, 0.05) is 6.61 Å². The number of carbonyl (C=O) groups is 1. The van der Waals surface area contributed by atoms with E-state index in [4.69, 9.17) is 23.5 Å². The molecule has 0 radical (unpaired) electrons. The average Bonchev–Trinajstić information content (AvgIpc) is 2.73. The molecule has 19 heteroatoms. The Morgan fingerprint density at radius 3 is 2.11 bits per heavy atom. The molecule has 0 bridgehead atoms. The van der Waals surface area contributed by atoms with Gasteiger partial charge in [-0.15, -0.1) is 0 Å². The normalized spacial score (nSPS) is 37.5. The van der Waals surface area contributed by atoms with E-state index in [2.05, 4.69) is 9.18 Å². The van der Waals surface area contributed by atoms with Crippen LogP contribution in [0.15, 0.2) is 4.99 Å². The minimum absolute atomic E-state index is 0. The van der Waals surface area contributed by atoms with Gasteiger partial charge >= 0.3 is 69.5 Å². The summed E-state index contributed by atoms with van der Waals surface area (Å²) >= 11 is 0. The van der Waals surface area contributed by atoms with Crippen LogP contribution in [-0.2, 0) is 38.3 Å². The fourth-order valence-electron chi connectivity index (χ4n) is 3.37. The Bertz CT molecular complexity index is 829. The molecule has 10 atom stereocenters. The Hall–Kier alpha value is 0.490. The van der Waals surface area contributed by atoms with Gasteiger partial charge in [-0.25, -0.2) is 4.18 Å². The van der Waals surface area contributed by atoms with Gasteiger partial charge in [-0.3, -0.25) is 9.55 Å². The van der Waals surface area contributed by atoms with Crippen LogP contribution in [0.4, 0.5) is 0 Å². The number of hydrogen-bond acceptors (Lipinski definition) is 15. The summed E-state index contributed by atoms with van der Waals surface area (Å²) in [6, 6.07) is -1.68. The third kappa shape index (κ3) is 9.91. The molecule has 0 aromatic heterocycles. The number of carboxylic acids is 1. The zero-order chi connectivity index (χ0) is 25.8. The van der Waals surface area contributed by atoms with Gasteiger partial charge in [0.05, 0.1) is 12.6 Å². The van der Waals surface area contributed by atoms with Gasteiger partial charge in [0.2, 0.25) is 0 Å². The zero-order valence-corrected chi connectivity index (χ0v) is 24.9. The van der Waals surface area contributed by atoms with Crippen molar-refractivity contribution in [3.8, 4) is 0 Å². The van der Waals surface area contributed by atoms with Gasteiger partial charge in [-0.05, 0) is 19.2 Å². The largest absolute Gasteiger partial charge is 1.00 e. The van der Waals surface area contributed by atoms with E-state index in [0.29, 0.717) is 6.42 Å². The quantitative estimate of drug-likeness (QED) is 0.0715. The first kappa shape index (κ1) is 36.5. The Labute approximate surface area is 251 Å². The summed E-state index contributed by atoms with van der Waals surface area (Å²) in [4.78, 5) is 15.2. The van der Waals surface area contributed by atoms with Crippen molar-refractivity contribution < 1.29 is 131 Å². The standard InChI is InChI=1S/C17H29NO15S.2Na/c1-3-4-29-17-12(23)11(22)13(14(33-17)15(24)25)32-16-8(18-6(2)19)10(21)9(20)7(31-16)5-30-34(26,27)28;;/h7-14,16-17,20-23H,3-5H2,1-2H3,(H,18,19)(H,24,25)(H,26,27,28);;/q;2*+1/p-2/t7-,8-,9+,10-,11-,12-,13+,14+,16+,17-;;/m1../s1. The van der Waals surface area contributed by atoms with Crippen LogP contribution in [-0.4, -0.2) is 120 Å². The van der Waals surface area contributed by atoms with Gasteiger partial charge in [-0.1, -0.05) is 6.92 Å². The van der Waals surface area contributed by atoms with Crippen LogP contribution in [0.2, 0.25) is 0 Å². The molecule has 0 aliphatic carbocycles. The van der Waals surface area contributed by atoms with Crippen LogP contribution in [0, 0.1) is 0 Å². The predicted octanol–water partition coefficient (Wildman–Crippen LogP) is -11.6. The molecule has 2 rings (SSSR count). The SMILES string of the molecule is CCCO[C@@H]1O[C@H](C(=O)[O-])[C@@H](O[C@@H]2O[C@H](COS(=O)(=O)O)[C@H](O)[C@H](O)[C@H]2N=C(C)[O-])[C@H](O)[C@H]1O.[Na+].[Na+]. The Kier molecular flexibility index (Phi) is 16.1. The molecule has 2 aliphatic rings. The molecule has 0 amide bonds. The van der Waals surface area contributed by atoms with Crippen LogP contribution in [0.1, 0.15) is 20.3 Å². The van der Waals surface area contributed by atoms with Crippen LogP contribution in [0.5, 0.6) is 0 Å². The van der Waals surface area contributed by atoms with E-state index in [1.54, 1.807) is 6.92 Å². The van der Waals surface area contributed by atoms with Crippen LogP contribution < -0.4 is 69.3 Å². The molecule has 0 aromatic carbocycles. The van der Waals surface area contributed by atoms with E-state index < -0.39 is 90.2 Å². The second-order valence-electron chi connectivity index (χ2n) is 7.57. The number of carbonyl (C=O) groups excluding carboxylic acids is 1. The van der Waals surface area contributed by atoms with Crippen molar-refractivity contribution in [3.05, 3.63) is 0 Å². The molecule has 36 heavy (non-hydrogen) atoms. The number of aliphatic hydroxyl groups is 4. The van der Waals surface area contributed by atoms with Crippen molar-refractivity contribution in [2.24, 2.45) is 4.99 Å². The number of aliphatic imine (C=N–C) groups is 1. The van der Waals surface area contributed by atoms with Gasteiger partial charge in [0.15, 0.2) is 12.6 Å². The van der Waals surface area contributed by atoms with Crippen LogP contribution in [0.3, 0.4) is 0 Å². The fourth-order valence-corrected chi connectivity index (χ4v) is 3.68. The van der Waals surface area contributed by atoms with E-state index in [9.17, 15) is 43.9 Å². The molecule has 16 nitrogen and oxygen atoms in total. The summed E-state index contributed by atoms with van der Waals surface area (Å²) in [5.74, 6) is -2.73. The van der Waals surface area contributed by atoms with Crippen molar-refractivity contribution in [1.82, 2.24) is 0 Å². The summed E-state index contributed by atoms with van der Waals surface area (Å²) in [6.45, 7) is 1.76. The summed E-state index contributed by atoms with van der Waals surface area (Å²) in [7, 11) is -4.98. The predicted molar refractivity (Wildman–Crippen MR) is 102 cm³/mol. The Morgan fingerprint density at radius 2 is 1.61 bits per heavy atom. The summed E-state index contributed by atoms with van der Waals surface area (Å²) in [5.41, 5.74) is 0. The molecule has 198 valence electrons. The molecule has 2 fully saturated rings. The van der Waals surface area contributed by atoms with Gasteiger partial charge in [-0.2, -0.15) is 8.42 Å². The van der Waals surface area contributed by atoms with Crippen molar-refractivity contribution in [2.45, 2.75) is 81.6 Å².